The summed E-state index contributed by atoms with van der Waals surface area (Å²) in [6.45, 7) is 4.58. The molecule has 9 heteroatoms. The second kappa shape index (κ2) is 61.2. The largest absolute Gasteiger partial charge is 0.477 e. The van der Waals surface area contributed by atoms with E-state index in [9.17, 15) is 19.5 Å². The van der Waals surface area contributed by atoms with Crippen LogP contribution >= 0.6 is 0 Å². The van der Waals surface area contributed by atoms with Crippen LogP contribution in [-0.4, -0.2) is 87.4 Å². The maximum atomic E-state index is 12.9. The number of hydrogen-bond acceptors (Lipinski definition) is 7. The average Bonchev–Trinajstić information content (AvgIpc) is 3.44. The first-order valence-corrected chi connectivity index (χ1v) is 32.0. The van der Waals surface area contributed by atoms with Gasteiger partial charge < -0.3 is 28.5 Å². The Morgan fingerprint density at radius 2 is 0.667 bits per heavy atom. The van der Waals surface area contributed by atoms with Gasteiger partial charge in [0.05, 0.1) is 34.4 Å². The van der Waals surface area contributed by atoms with Crippen molar-refractivity contribution in [2.75, 3.05) is 47.5 Å². The second-order valence-electron chi connectivity index (χ2n) is 22.0. The minimum absolute atomic E-state index is 0.175. The number of esters is 2. The van der Waals surface area contributed by atoms with E-state index in [1.807, 2.05) is 21.1 Å². The highest BCUT2D eigenvalue weighted by atomic mass is 16.7. The van der Waals surface area contributed by atoms with Crippen LogP contribution in [0.15, 0.2) is 146 Å². The van der Waals surface area contributed by atoms with Gasteiger partial charge >= 0.3 is 17.9 Å². The molecule has 0 aliphatic rings. The summed E-state index contributed by atoms with van der Waals surface area (Å²) in [6.07, 6.45) is 86.8. The Balaban J connectivity index is 4.08. The summed E-state index contributed by atoms with van der Waals surface area (Å²) in [4.78, 5) is 37.4. The van der Waals surface area contributed by atoms with Crippen molar-refractivity contribution in [3.8, 4) is 0 Å². The third kappa shape index (κ3) is 62.6. The van der Waals surface area contributed by atoms with Gasteiger partial charge in [-0.25, -0.2) is 4.79 Å². The molecule has 0 radical (unpaired) electrons. The Bertz CT molecular complexity index is 1840. The molecule has 0 aromatic heterocycles. The van der Waals surface area contributed by atoms with Crippen molar-refractivity contribution in [1.82, 2.24) is 0 Å². The number of unbranched alkanes of at least 4 members (excludes halogenated alkanes) is 18. The lowest BCUT2D eigenvalue weighted by Crippen LogP contribution is -2.40. The highest BCUT2D eigenvalue weighted by Gasteiger charge is 2.25. The SMILES string of the molecule is CC/C=C\C/C=C\C/C=C\C/C=C\C/C=C\C/C=C\C/C=C\C/C=C\CCCCCCCCCCCCCCCCCCC(=O)OC(COC(=O)CCCC/C=C\C/C=C\C/C=C\C/C=C\CC)COC(OCC[N+](C)(C)C)C(=O)O. The first-order valence-electron chi connectivity index (χ1n) is 32.0. The van der Waals surface area contributed by atoms with E-state index < -0.39 is 24.3 Å². The minimum atomic E-state index is -1.53. The quantitative estimate of drug-likeness (QED) is 0.0211. The number of likely N-dealkylation sites (N-methyl/N-ethyl adjacent to an activating group) is 1. The number of allylic oxidation sites excluding steroid dienone is 24. The minimum Gasteiger partial charge on any atom is -0.477 e. The number of quaternary nitrogens is 1. The maximum absolute atomic E-state index is 12.9. The van der Waals surface area contributed by atoms with Gasteiger partial charge in [0.25, 0.3) is 6.29 Å². The molecule has 1 N–H and O–H groups in total. The van der Waals surface area contributed by atoms with Gasteiger partial charge in [0.1, 0.15) is 13.2 Å². The average molecular weight is 1130 g/mol. The summed E-state index contributed by atoms with van der Waals surface area (Å²) in [5, 5.41) is 9.70. The molecular weight excluding hydrogens is 1010 g/mol. The zero-order valence-corrected chi connectivity index (χ0v) is 52.1. The van der Waals surface area contributed by atoms with Crippen LogP contribution in [0.5, 0.6) is 0 Å². The van der Waals surface area contributed by atoms with Crippen molar-refractivity contribution < 1.29 is 42.9 Å². The van der Waals surface area contributed by atoms with Crippen LogP contribution in [0.4, 0.5) is 0 Å². The summed E-state index contributed by atoms with van der Waals surface area (Å²) in [5.74, 6) is -2.07. The van der Waals surface area contributed by atoms with Crippen LogP contribution in [0.3, 0.4) is 0 Å². The Hall–Kier alpha value is -4.83. The molecule has 0 aromatic carbocycles. The number of carbonyl (C=O) groups is 3. The van der Waals surface area contributed by atoms with Gasteiger partial charge in [-0.3, -0.25) is 9.59 Å². The van der Waals surface area contributed by atoms with E-state index in [2.05, 4.69) is 160 Å². The van der Waals surface area contributed by atoms with Crippen molar-refractivity contribution in [3.05, 3.63) is 146 Å². The van der Waals surface area contributed by atoms with E-state index in [1.54, 1.807) is 0 Å². The van der Waals surface area contributed by atoms with E-state index in [-0.39, 0.29) is 38.6 Å². The molecule has 0 amide bonds. The fourth-order valence-electron chi connectivity index (χ4n) is 8.26. The van der Waals surface area contributed by atoms with Crippen molar-refractivity contribution in [2.45, 2.75) is 245 Å². The van der Waals surface area contributed by atoms with Crippen LogP contribution in [0.2, 0.25) is 0 Å². The molecule has 0 fully saturated rings. The molecule has 2 atom stereocenters. The van der Waals surface area contributed by atoms with E-state index in [0.29, 0.717) is 23.9 Å². The van der Waals surface area contributed by atoms with Gasteiger partial charge in [-0.2, -0.15) is 0 Å². The zero-order valence-electron chi connectivity index (χ0n) is 52.1. The first-order chi connectivity index (χ1) is 39.6. The van der Waals surface area contributed by atoms with Crippen molar-refractivity contribution in [2.24, 2.45) is 0 Å². The van der Waals surface area contributed by atoms with E-state index in [1.165, 1.54) is 83.5 Å². The molecule has 0 bridgehead atoms. The third-order valence-electron chi connectivity index (χ3n) is 13.1. The predicted octanol–water partition coefficient (Wildman–Crippen LogP) is 19.6. The number of carboxylic acid groups (broad SMARTS) is 1. The fourth-order valence-corrected chi connectivity index (χ4v) is 8.26. The van der Waals surface area contributed by atoms with Crippen LogP contribution in [0.25, 0.3) is 0 Å². The highest BCUT2D eigenvalue weighted by Crippen LogP contribution is 2.16. The fraction of sp³-hybridized carbons (Fsp3) is 0.625. The van der Waals surface area contributed by atoms with Crippen LogP contribution in [0.1, 0.15) is 232 Å². The summed E-state index contributed by atoms with van der Waals surface area (Å²) >= 11 is 0. The van der Waals surface area contributed by atoms with Crippen molar-refractivity contribution >= 4 is 17.9 Å². The van der Waals surface area contributed by atoms with Gasteiger partial charge in [0, 0.05) is 12.8 Å². The van der Waals surface area contributed by atoms with Gasteiger partial charge in [-0.05, 0) is 116 Å². The molecule has 458 valence electrons. The highest BCUT2D eigenvalue weighted by molar-refractivity contribution is 5.71. The van der Waals surface area contributed by atoms with Gasteiger partial charge in [0.15, 0.2) is 6.10 Å². The number of aliphatic carboxylic acids is 1. The van der Waals surface area contributed by atoms with Crippen LogP contribution < -0.4 is 0 Å². The Kier molecular flexibility index (Phi) is 57.6. The molecule has 2 unspecified atom stereocenters. The van der Waals surface area contributed by atoms with Gasteiger partial charge in [0.2, 0.25) is 0 Å². The third-order valence-corrected chi connectivity index (χ3v) is 13.1. The molecule has 81 heavy (non-hydrogen) atoms. The van der Waals surface area contributed by atoms with E-state index >= 15 is 0 Å². The lowest BCUT2D eigenvalue weighted by molar-refractivity contribution is -0.870. The van der Waals surface area contributed by atoms with E-state index in [0.717, 1.165) is 109 Å². The number of hydrogen-bond donors (Lipinski definition) is 1. The predicted molar refractivity (Wildman–Crippen MR) is 345 cm³/mol. The lowest BCUT2D eigenvalue weighted by Gasteiger charge is -2.25. The van der Waals surface area contributed by atoms with Crippen molar-refractivity contribution in [1.29, 1.82) is 0 Å². The molecule has 0 aromatic rings. The molecular formula is C72H118NO8+. The maximum Gasteiger partial charge on any atom is 0.361 e. The standard InChI is InChI=1S/C72H117NO8/c1-6-8-10-12-14-16-18-20-22-23-24-25-26-27-28-29-30-31-32-33-34-35-36-37-38-39-40-41-42-43-44-45-46-47-49-51-53-55-57-59-61-63-70(75)81-68(67-80-72(71(76)77)78-65-64-73(3,4)5)66-79-69(74)62-60-58-56-54-52-50-48-21-19-17-15-13-11-9-7-2/h8-11,14-17,20-22,24-25,27-28,30-31,33-34,36-37,48,52,54,68,72H,6-7,12-13,18-19,23,26,29,32,35,38-47,49-51,53,55-67H2,1-5H3/p+1/b10-8-,11-9-,16-14-,17-15-,22-20-,25-24-,28-27-,31-30-,34-33-,37-36-,48-21-,54-52-. The Labute approximate surface area is 496 Å². The summed E-state index contributed by atoms with van der Waals surface area (Å²) < 4.78 is 22.8. The van der Waals surface area contributed by atoms with Gasteiger partial charge in [-0.1, -0.05) is 250 Å². The van der Waals surface area contributed by atoms with Crippen LogP contribution in [0, 0.1) is 0 Å². The molecule has 0 aliphatic heterocycles. The number of carboxylic acids is 1. The normalized spacial score (nSPS) is 13.7. The van der Waals surface area contributed by atoms with Crippen molar-refractivity contribution in [3.63, 3.8) is 0 Å². The summed E-state index contributed by atoms with van der Waals surface area (Å²) in [7, 11) is 5.95. The molecule has 0 rings (SSSR count). The number of ether oxygens (including phenoxy) is 4. The van der Waals surface area contributed by atoms with E-state index in [4.69, 9.17) is 18.9 Å². The zero-order chi connectivity index (χ0) is 59.1. The van der Waals surface area contributed by atoms with Crippen LogP contribution in [-0.2, 0) is 33.3 Å². The molecule has 0 saturated carbocycles. The smallest absolute Gasteiger partial charge is 0.361 e. The molecule has 0 saturated heterocycles. The lowest BCUT2D eigenvalue weighted by atomic mass is 10.0. The number of rotatable bonds is 57. The first kappa shape index (κ1) is 76.2. The Morgan fingerprint density at radius 3 is 1.01 bits per heavy atom. The molecule has 0 spiro atoms. The number of nitrogens with zero attached hydrogens (tertiary/aromatic N) is 1. The molecule has 0 heterocycles. The monoisotopic (exact) mass is 1120 g/mol. The molecule has 9 nitrogen and oxygen atoms in total. The van der Waals surface area contributed by atoms with Gasteiger partial charge in [-0.15, -0.1) is 0 Å². The molecule has 0 aliphatic carbocycles. The number of carbonyl (C=O) groups excluding carboxylic acids is 2. The Morgan fingerprint density at radius 1 is 0.370 bits per heavy atom. The summed E-state index contributed by atoms with van der Waals surface area (Å²) in [6, 6.07) is 0. The summed E-state index contributed by atoms with van der Waals surface area (Å²) in [5.41, 5.74) is 0. The topological polar surface area (TPSA) is 108 Å². The second-order valence-corrected chi connectivity index (χ2v) is 22.0.